The zero-order valence-corrected chi connectivity index (χ0v) is 10.4. The molecule has 1 rings (SSSR count). The average molecular weight is 255 g/mol. The molecule has 1 atom stereocenters. The van der Waals surface area contributed by atoms with Crippen LogP contribution in [-0.4, -0.2) is 5.78 Å². The van der Waals surface area contributed by atoms with E-state index in [1.165, 1.54) is 11.1 Å². The number of aryl methyl sites for hydroxylation is 1. The van der Waals surface area contributed by atoms with Gasteiger partial charge in [-0.25, -0.2) is 0 Å². The molecular formula is C12H15BrO. The highest BCUT2D eigenvalue weighted by Gasteiger charge is 2.15. The third-order valence-electron chi connectivity index (χ3n) is 2.50. The van der Waals surface area contributed by atoms with E-state index in [4.69, 9.17) is 0 Å². The van der Waals surface area contributed by atoms with Gasteiger partial charge in [-0.15, -0.1) is 0 Å². The minimum Gasteiger partial charge on any atom is -0.298 e. The Bertz CT molecular complexity index is 344. The van der Waals surface area contributed by atoms with E-state index in [1.54, 1.807) is 6.92 Å². The van der Waals surface area contributed by atoms with Gasteiger partial charge in [0.15, 0.2) is 0 Å². The van der Waals surface area contributed by atoms with Gasteiger partial charge in [-0.2, -0.15) is 0 Å². The number of hydrogen-bond acceptors (Lipinski definition) is 1. The highest BCUT2D eigenvalue weighted by molar-refractivity contribution is 9.09. The molecule has 76 valence electrons. The summed E-state index contributed by atoms with van der Waals surface area (Å²) in [6.07, 6.45) is 1.01. The van der Waals surface area contributed by atoms with Crippen molar-refractivity contribution >= 4 is 21.7 Å². The van der Waals surface area contributed by atoms with Crippen LogP contribution < -0.4 is 0 Å². The number of alkyl halides is 1. The lowest BCUT2D eigenvalue weighted by molar-refractivity contribution is -0.116. The van der Waals surface area contributed by atoms with Gasteiger partial charge in [0, 0.05) is 0 Å². The maximum absolute atomic E-state index is 11.2. The Morgan fingerprint density at radius 2 is 2.14 bits per heavy atom. The molecule has 0 fully saturated rings. The van der Waals surface area contributed by atoms with Crippen molar-refractivity contribution < 1.29 is 4.79 Å². The smallest absolute Gasteiger partial charge is 0.147 e. The molecule has 1 nitrogen and oxygen atoms in total. The Labute approximate surface area is 93.7 Å². The van der Waals surface area contributed by atoms with E-state index in [0.717, 1.165) is 12.0 Å². The monoisotopic (exact) mass is 254 g/mol. The van der Waals surface area contributed by atoms with Crippen molar-refractivity contribution in [2.24, 2.45) is 0 Å². The lowest BCUT2D eigenvalue weighted by Crippen LogP contribution is -2.04. The molecule has 0 saturated carbocycles. The molecule has 0 amide bonds. The molecule has 0 aliphatic carbocycles. The number of carbonyl (C=O) groups is 1. The van der Waals surface area contributed by atoms with Crippen LogP contribution in [0.15, 0.2) is 18.2 Å². The third-order valence-corrected chi connectivity index (χ3v) is 3.64. The molecule has 0 aromatic heterocycles. The Balaban J connectivity index is 3.15. The summed E-state index contributed by atoms with van der Waals surface area (Å²) in [6.45, 7) is 5.81. The van der Waals surface area contributed by atoms with Gasteiger partial charge in [0.2, 0.25) is 0 Å². The molecule has 2 heteroatoms. The van der Waals surface area contributed by atoms with Gasteiger partial charge in [0.05, 0.1) is 4.83 Å². The molecule has 1 unspecified atom stereocenters. The molecule has 0 aliphatic heterocycles. The fourth-order valence-corrected chi connectivity index (χ4v) is 2.08. The number of carbonyl (C=O) groups excluding carboxylic acids is 1. The first-order valence-corrected chi connectivity index (χ1v) is 5.72. The van der Waals surface area contributed by atoms with E-state index in [2.05, 4.69) is 35.8 Å². The Hall–Kier alpha value is -0.630. The summed E-state index contributed by atoms with van der Waals surface area (Å²) in [5.41, 5.74) is 3.64. The molecule has 1 aromatic carbocycles. The molecule has 0 aliphatic rings. The zero-order chi connectivity index (χ0) is 10.7. The van der Waals surface area contributed by atoms with Crippen LogP contribution in [0, 0.1) is 6.92 Å². The fourth-order valence-electron chi connectivity index (χ4n) is 1.58. The Morgan fingerprint density at radius 3 is 2.64 bits per heavy atom. The Morgan fingerprint density at radius 1 is 1.50 bits per heavy atom. The van der Waals surface area contributed by atoms with E-state index in [-0.39, 0.29) is 10.6 Å². The van der Waals surface area contributed by atoms with Crippen LogP contribution in [0.2, 0.25) is 0 Å². The van der Waals surface area contributed by atoms with Crippen LogP contribution in [0.1, 0.15) is 35.4 Å². The maximum atomic E-state index is 11.2. The number of Topliss-reactive ketones (excluding diaryl/α,β-unsaturated/α-hetero) is 1. The minimum absolute atomic E-state index is 0.154. The summed E-state index contributed by atoms with van der Waals surface area (Å²) < 4.78 is 0. The van der Waals surface area contributed by atoms with Crippen molar-refractivity contribution in [1.82, 2.24) is 0 Å². The molecule has 0 heterocycles. The first-order valence-electron chi connectivity index (χ1n) is 4.80. The second kappa shape index (κ2) is 4.74. The van der Waals surface area contributed by atoms with Gasteiger partial charge < -0.3 is 0 Å². The zero-order valence-electron chi connectivity index (χ0n) is 8.80. The highest BCUT2D eigenvalue weighted by Crippen LogP contribution is 2.28. The van der Waals surface area contributed by atoms with Crippen molar-refractivity contribution in [1.29, 1.82) is 0 Å². The van der Waals surface area contributed by atoms with Gasteiger partial charge in [-0.05, 0) is 37.0 Å². The molecule has 0 N–H and O–H groups in total. The molecule has 0 saturated heterocycles. The normalized spacial score (nSPS) is 12.6. The number of rotatable bonds is 3. The number of hydrogen-bond donors (Lipinski definition) is 0. The number of ketones is 1. The second-order valence-corrected chi connectivity index (χ2v) is 4.37. The van der Waals surface area contributed by atoms with Crippen LogP contribution >= 0.6 is 15.9 Å². The van der Waals surface area contributed by atoms with Gasteiger partial charge in [-0.1, -0.05) is 41.1 Å². The molecule has 0 radical (unpaired) electrons. The van der Waals surface area contributed by atoms with Crippen LogP contribution in [-0.2, 0) is 11.2 Å². The van der Waals surface area contributed by atoms with Gasteiger partial charge in [0.1, 0.15) is 5.78 Å². The SMILES string of the molecule is CCc1cccc(C(Br)C(C)=O)c1C. The first kappa shape index (κ1) is 11.4. The third kappa shape index (κ3) is 2.24. The van der Waals surface area contributed by atoms with Crippen LogP contribution in [0.3, 0.4) is 0 Å². The summed E-state index contributed by atoms with van der Waals surface area (Å²) in [6, 6.07) is 6.13. The summed E-state index contributed by atoms with van der Waals surface area (Å²) in [5.74, 6) is 0.154. The van der Waals surface area contributed by atoms with E-state index in [0.29, 0.717) is 0 Å². The predicted octanol–water partition coefficient (Wildman–Crippen LogP) is 3.58. The Kier molecular flexibility index (Phi) is 3.87. The second-order valence-electron chi connectivity index (χ2n) is 3.46. The van der Waals surface area contributed by atoms with Gasteiger partial charge in [-0.3, -0.25) is 4.79 Å². The van der Waals surface area contributed by atoms with E-state index < -0.39 is 0 Å². The van der Waals surface area contributed by atoms with Crippen LogP contribution in [0.25, 0.3) is 0 Å². The van der Waals surface area contributed by atoms with Gasteiger partial charge in [0.25, 0.3) is 0 Å². The van der Waals surface area contributed by atoms with E-state index in [1.807, 2.05) is 12.1 Å². The van der Waals surface area contributed by atoms with E-state index >= 15 is 0 Å². The lowest BCUT2D eigenvalue weighted by atomic mass is 9.97. The largest absolute Gasteiger partial charge is 0.298 e. The van der Waals surface area contributed by atoms with E-state index in [9.17, 15) is 4.79 Å². The predicted molar refractivity (Wildman–Crippen MR) is 62.9 cm³/mol. The average Bonchev–Trinajstić information content (AvgIpc) is 2.17. The summed E-state index contributed by atoms with van der Waals surface area (Å²) in [7, 11) is 0. The first-order chi connectivity index (χ1) is 6.57. The minimum atomic E-state index is -0.158. The van der Waals surface area contributed by atoms with Crippen LogP contribution in [0.4, 0.5) is 0 Å². The van der Waals surface area contributed by atoms with Gasteiger partial charge >= 0.3 is 0 Å². The van der Waals surface area contributed by atoms with Crippen molar-refractivity contribution in [2.75, 3.05) is 0 Å². The molecular weight excluding hydrogens is 240 g/mol. The summed E-state index contributed by atoms with van der Waals surface area (Å²) in [5, 5.41) is 0. The number of halogens is 1. The molecule has 14 heavy (non-hydrogen) atoms. The quantitative estimate of drug-likeness (QED) is 0.754. The van der Waals surface area contributed by atoms with Crippen LogP contribution in [0.5, 0.6) is 0 Å². The molecule has 0 bridgehead atoms. The fraction of sp³-hybridized carbons (Fsp3) is 0.417. The van der Waals surface area contributed by atoms with Crippen molar-refractivity contribution in [3.63, 3.8) is 0 Å². The topological polar surface area (TPSA) is 17.1 Å². The van der Waals surface area contributed by atoms with Crippen molar-refractivity contribution in [3.8, 4) is 0 Å². The maximum Gasteiger partial charge on any atom is 0.147 e. The lowest BCUT2D eigenvalue weighted by Gasteiger charge is -2.12. The van der Waals surface area contributed by atoms with Crippen molar-refractivity contribution in [2.45, 2.75) is 32.0 Å². The standard InChI is InChI=1S/C12H15BrO/c1-4-10-6-5-7-11(8(10)2)12(13)9(3)14/h5-7,12H,4H2,1-3H3. The summed E-state index contributed by atoms with van der Waals surface area (Å²) >= 11 is 3.41. The summed E-state index contributed by atoms with van der Waals surface area (Å²) in [4.78, 5) is 11.1. The molecule has 1 aromatic rings. The highest BCUT2D eigenvalue weighted by atomic mass is 79.9. The van der Waals surface area contributed by atoms with Crippen molar-refractivity contribution in [3.05, 3.63) is 34.9 Å². The number of benzene rings is 1. The molecule has 0 spiro atoms.